The van der Waals surface area contributed by atoms with Crippen molar-refractivity contribution in [3.8, 4) is 17.0 Å². The minimum absolute atomic E-state index is 0.311. The zero-order valence-electron chi connectivity index (χ0n) is 14.5. The number of aromatic amines is 1. The lowest BCUT2D eigenvalue weighted by atomic mass is 10.1. The lowest BCUT2D eigenvalue weighted by molar-refractivity contribution is 0.0950. The topological polar surface area (TPSA) is 79.4 Å². The highest BCUT2D eigenvalue weighted by Gasteiger charge is 2.10. The molecule has 0 spiro atoms. The van der Waals surface area contributed by atoms with Crippen molar-refractivity contribution in [2.24, 2.45) is 5.10 Å². The maximum atomic E-state index is 12.1. The van der Waals surface area contributed by atoms with Crippen LogP contribution in [-0.4, -0.2) is 29.4 Å². The molecule has 0 aliphatic rings. The summed E-state index contributed by atoms with van der Waals surface area (Å²) in [6.07, 6.45) is 5.04. The Balaban J connectivity index is 1.58. The molecule has 6 nitrogen and oxygen atoms in total. The van der Waals surface area contributed by atoms with E-state index < -0.39 is 0 Å². The summed E-state index contributed by atoms with van der Waals surface area (Å²) < 4.78 is 5.26. The fourth-order valence-corrected chi connectivity index (χ4v) is 2.48. The molecule has 0 radical (unpaired) electrons. The van der Waals surface area contributed by atoms with Gasteiger partial charge < -0.3 is 4.74 Å². The smallest absolute Gasteiger partial charge is 0.289 e. The van der Waals surface area contributed by atoms with Crippen molar-refractivity contribution in [2.75, 3.05) is 7.11 Å². The number of nitrogens with one attached hydrogen (secondary N) is 2. The molecule has 0 bridgehead atoms. The number of rotatable bonds is 6. The predicted molar refractivity (Wildman–Crippen MR) is 107 cm³/mol. The highest BCUT2D eigenvalue weighted by atomic mass is 35.5. The molecular weight excluding hydrogens is 364 g/mol. The van der Waals surface area contributed by atoms with Gasteiger partial charge in [-0.3, -0.25) is 9.89 Å². The van der Waals surface area contributed by atoms with E-state index in [-0.39, 0.29) is 5.91 Å². The number of halogens is 1. The van der Waals surface area contributed by atoms with Gasteiger partial charge in [0.2, 0.25) is 0 Å². The Kier molecular flexibility index (Phi) is 6.02. The summed E-state index contributed by atoms with van der Waals surface area (Å²) in [4.78, 5) is 12.1. The fraction of sp³-hybridized carbons (Fsp3) is 0.0500. The van der Waals surface area contributed by atoms with Crippen LogP contribution in [0.4, 0.5) is 0 Å². The van der Waals surface area contributed by atoms with Crippen molar-refractivity contribution in [3.63, 3.8) is 0 Å². The van der Waals surface area contributed by atoms with E-state index in [9.17, 15) is 4.79 Å². The van der Waals surface area contributed by atoms with Gasteiger partial charge in [0.1, 0.15) is 11.4 Å². The third-order valence-corrected chi connectivity index (χ3v) is 3.96. The molecule has 3 rings (SSSR count). The molecule has 1 amide bonds. The molecule has 0 saturated carbocycles. The van der Waals surface area contributed by atoms with Crippen LogP contribution in [-0.2, 0) is 0 Å². The second-order valence-electron chi connectivity index (χ2n) is 5.49. The standard InChI is InChI=1S/C20H17ClN4O2/c1-27-19-7-3-2-5-15(19)6-4-12-22-25-20(26)18-13-17(23-24-18)14-8-10-16(21)11-9-14/h2-13H,1H3,(H,23,24)(H,25,26). The van der Waals surface area contributed by atoms with Crippen molar-refractivity contribution in [3.05, 3.63) is 77.0 Å². The Bertz CT molecular complexity index is 978. The molecule has 27 heavy (non-hydrogen) atoms. The molecular formula is C20H17ClN4O2. The quantitative estimate of drug-likeness (QED) is 0.497. The third-order valence-electron chi connectivity index (χ3n) is 3.70. The zero-order valence-corrected chi connectivity index (χ0v) is 15.3. The largest absolute Gasteiger partial charge is 0.496 e. The van der Waals surface area contributed by atoms with Crippen molar-refractivity contribution in [1.82, 2.24) is 15.6 Å². The SMILES string of the molecule is COc1ccccc1C=CC=NNC(=O)c1cc(-c2ccc(Cl)cc2)n[nH]1. The number of methoxy groups -OCH3 is 1. The summed E-state index contributed by atoms with van der Waals surface area (Å²) >= 11 is 5.87. The van der Waals surface area contributed by atoms with Crippen LogP contribution in [0, 0.1) is 0 Å². The first-order chi connectivity index (χ1) is 13.2. The molecule has 0 aliphatic heterocycles. The normalized spacial score (nSPS) is 11.2. The number of nitrogens with zero attached hydrogens (tertiary/aromatic N) is 2. The number of carbonyl (C=O) groups is 1. The summed E-state index contributed by atoms with van der Waals surface area (Å²) in [6.45, 7) is 0. The Labute approximate surface area is 161 Å². The van der Waals surface area contributed by atoms with Crippen LogP contribution in [0.5, 0.6) is 5.75 Å². The zero-order chi connectivity index (χ0) is 19.1. The number of amides is 1. The van der Waals surface area contributed by atoms with Crippen molar-refractivity contribution < 1.29 is 9.53 Å². The molecule has 136 valence electrons. The van der Waals surface area contributed by atoms with Crippen LogP contribution in [0.3, 0.4) is 0 Å². The number of hydrogen-bond acceptors (Lipinski definition) is 4. The van der Waals surface area contributed by atoms with Gasteiger partial charge in [-0.05, 0) is 36.4 Å². The first kappa shape index (κ1) is 18.4. The highest BCUT2D eigenvalue weighted by Crippen LogP contribution is 2.20. The average Bonchev–Trinajstić information content (AvgIpc) is 3.19. The summed E-state index contributed by atoms with van der Waals surface area (Å²) in [5.41, 5.74) is 5.18. The van der Waals surface area contributed by atoms with E-state index >= 15 is 0 Å². The number of para-hydroxylation sites is 1. The molecule has 2 aromatic carbocycles. The van der Waals surface area contributed by atoms with Crippen LogP contribution in [0.15, 0.2) is 65.8 Å². The summed E-state index contributed by atoms with van der Waals surface area (Å²) in [7, 11) is 1.61. The summed E-state index contributed by atoms with van der Waals surface area (Å²) in [5, 5.41) is 11.4. The monoisotopic (exact) mass is 380 g/mol. The van der Waals surface area contributed by atoms with Gasteiger partial charge in [0.15, 0.2) is 0 Å². The number of H-pyrrole nitrogens is 1. The molecule has 0 aliphatic carbocycles. The van der Waals surface area contributed by atoms with Gasteiger partial charge >= 0.3 is 0 Å². The summed E-state index contributed by atoms with van der Waals surface area (Å²) in [6, 6.07) is 16.5. The number of hydrogen-bond donors (Lipinski definition) is 2. The molecule has 1 heterocycles. The molecule has 0 atom stereocenters. The van der Waals surface area contributed by atoms with E-state index in [0.717, 1.165) is 16.9 Å². The lowest BCUT2D eigenvalue weighted by Gasteiger charge is -2.02. The fourth-order valence-electron chi connectivity index (χ4n) is 2.36. The van der Waals surface area contributed by atoms with E-state index in [1.54, 1.807) is 31.4 Å². The molecule has 0 fully saturated rings. The molecule has 2 N–H and O–H groups in total. The van der Waals surface area contributed by atoms with Crippen LogP contribution < -0.4 is 10.2 Å². The highest BCUT2D eigenvalue weighted by molar-refractivity contribution is 6.30. The molecule has 3 aromatic rings. The van der Waals surface area contributed by atoms with Gasteiger partial charge in [0.25, 0.3) is 5.91 Å². The maximum Gasteiger partial charge on any atom is 0.289 e. The second kappa shape index (κ2) is 8.82. The Hall–Kier alpha value is -3.38. The molecule has 1 aromatic heterocycles. The summed E-state index contributed by atoms with van der Waals surface area (Å²) in [5.74, 6) is 0.378. The number of hydrazone groups is 1. The number of ether oxygens (including phenoxy) is 1. The van der Waals surface area contributed by atoms with Gasteiger partial charge in [-0.2, -0.15) is 10.2 Å². The van der Waals surface area contributed by atoms with Gasteiger partial charge in [-0.1, -0.05) is 41.9 Å². The number of aromatic nitrogens is 2. The Morgan fingerprint density at radius 2 is 2.00 bits per heavy atom. The predicted octanol–water partition coefficient (Wildman–Crippen LogP) is 4.17. The van der Waals surface area contributed by atoms with Crippen LogP contribution in [0.25, 0.3) is 17.3 Å². The maximum absolute atomic E-state index is 12.1. The van der Waals surface area contributed by atoms with Gasteiger partial charge in [-0.15, -0.1) is 0 Å². The second-order valence-corrected chi connectivity index (χ2v) is 5.93. The Morgan fingerprint density at radius 1 is 1.22 bits per heavy atom. The van der Waals surface area contributed by atoms with E-state index in [1.165, 1.54) is 6.21 Å². The van der Waals surface area contributed by atoms with Gasteiger partial charge in [-0.25, -0.2) is 5.43 Å². The van der Waals surface area contributed by atoms with Crippen molar-refractivity contribution >= 4 is 29.8 Å². The van der Waals surface area contributed by atoms with Crippen molar-refractivity contribution in [2.45, 2.75) is 0 Å². The van der Waals surface area contributed by atoms with Gasteiger partial charge in [0, 0.05) is 22.4 Å². The third kappa shape index (κ3) is 4.83. The number of carbonyl (C=O) groups excluding carboxylic acids is 1. The number of benzene rings is 2. The van der Waals surface area contributed by atoms with E-state index in [2.05, 4.69) is 20.7 Å². The molecule has 0 unspecified atom stereocenters. The van der Waals surface area contributed by atoms with Crippen LogP contribution in [0.2, 0.25) is 5.02 Å². The molecule has 0 saturated heterocycles. The first-order valence-corrected chi connectivity index (χ1v) is 8.49. The first-order valence-electron chi connectivity index (χ1n) is 8.12. The average molecular weight is 381 g/mol. The minimum Gasteiger partial charge on any atom is -0.496 e. The van der Waals surface area contributed by atoms with Gasteiger partial charge in [0.05, 0.1) is 12.8 Å². The molecule has 7 heteroatoms. The lowest BCUT2D eigenvalue weighted by Crippen LogP contribution is -2.17. The minimum atomic E-state index is -0.385. The van der Waals surface area contributed by atoms with Crippen LogP contribution in [0.1, 0.15) is 16.1 Å². The van der Waals surface area contributed by atoms with Crippen molar-refractivity contribution in [1.29, 1.82) is 0 Å². The number of allylic oxidation sites excluding steroid dienone is 1. The Morgan fingerprint density at radius 3 is 2.78 bits per heavy atom. The van der Waals surface area contributed by atoms with E-state index in [1.807, 2.05) is 42.5 Å². The van der Waals surface area contributed by atoms with Crippen LogP contribution >= 0.6 is 11.6 Å². The van der Waals surface area contributed by atoms with E-state index in [0.29, 0.717) is 16.4 Å². The van der Waals surface area contributed by atoms with E-state index in [4.69, 9.17) is 16.3 Å².